The number of hydrogen-bond donors (Lipinski definition) is 1. The fraction of sp³-hybridized carbons (Fsp3) is 0.250. The van der Waals surface area contributed by atoms with Crippen LogP contribution in [0.1, 0.15) is 16.6 Å². The van der Waals surface area contributed by atoms with Gasteiger partial charge in [0, 0.05) is 28.9 Å². The van der Waals surface area contributed by atoms with E-state index in [4.69, 9.17) is 5.73 Å². The monoisotopic (exact) mass is 250 g/mol. The number of thioether (sulfide) groups is 1. The molecule has 1 aromatic heterocycles. The Morgan fingerprint density at radius 3 is 2.94 bits per heavy atom. The Bertz CT molecular complexity index is 440. The maximum absolute atomic E-state index is 6.22. The number of nitrogens with two attached hydrogens (primary N) is 1. The van der Waals surface area contributed by atoms with Crippen molar-refractivity contribution in [2.45, 2.75) is 17.4 Å². The summed E-state index contributed by atoms with van der Waals surface area (Å²) < 4.78 is 0. The van der Waals surface area contributed by atoms with Crippen LogP contribution >= 0.6 is 23.1 Å². The first-order valence-electron chi connectivity index (χ1n) is 5.08. The van der Waals surface area contributed by atoms with Crippen LogP contribution in [0.2, 0.25) is 0 Å². The summed E-state index contributed by atoms with van der Waals surface area (Å²) >= 11 is 3.40. The third kappa shape index (κ3) is 2.64. The molecule has 16 heavy (non-hydrogen) atoms. The summed E-state index contributed by atoms with van der Waals surface area (Å²) in [5, 5.41) is 3.09. The van der Waals surface area contributed by atoms with Gasteiger partial charge >= 0.3 is 0 Å². The molecule has 2 N–H and O–H groups in total. The van der Waals surface area contributed by atoms with Crippen LogP contribution in [0.4, 0.5) is 0 Å². The molecule has 1 unspecified atom stereocenters. The van der Waals surface area contributed by atoms with Gasteiger partial charge in [0.05, 0.1) is 5.01 Å². The summed E-state index contributed by atoms with van der Waals surface area (Å²) in [4.78, 5) is 5.53. The minimum atomic E-state index is 0.0369. The smallest absolute Gasteiger partial charge is 0.0943 e. The van der Waals surface area contributed by atoms with Crippen molar-refractivity contribution in [2.24, 2.45) is 5.73 Å². The third-order valence-electron chi connectivity index (χ3n) is 2.42. The van der Waals surface area contributed by atoms with Crippen LogP contribution in [0, 0.1) is 0 Å². The molecular weight excluding hydrogens is 236 g/mol. The van der Waals surface area contributed by atoms with Crippen molar-refractivity contribution >= 4 is 23.1 Å². The molecular formula is C12H14N2S2. The van der Waals surface area contributed by atoms with Crippen LogP contribution in [0.5, 0.6) is 0 Å². The normalized spacial score (nSPS) is 12.6. The van der Waals surface area contributed by atoms with Crippen molar-refractivity contribution in [3.63, 3.8) is 0 Å². The maximum Gasteiger partial charge on any atom is 0.0943 e. The Balaban J connectivity index is 2.17. The molecule has 0 spiro atoms. The summed E-state index contributed by atoms with van der Waals surface area (Å²) in [5.41, 5.74) is 7.43. The summed E-state index contributed by atoms with van der Waals surface area (Å²) in [6, 6.07) is 8.34. The standard InChI is InChI=1S/C12H14N2S2/c1-15-11-5-3-2-4-9(11)10(13)8-12-14-6-7-16-12/h2-7,10H,8,13H2,1H3. The highest BCUT2D eigenvalue weighted by Gasteiger charge is 2.11. The molecule has 2 aromatic rings. The number of thiazole rings is 1. The van der Waals surface area contributed by atoms with E-state index >= 15 is 0 Å². The highest BCUT2D eigenvalue weighted by atomic mass is 32.2. The Hall–Kier alpha value is -0.840. The van der Waals surface area contributed by atoms with Gasteiger partial charge < -0.3 is 5.73 Å². The predicted octanol–water partition coefficient (Wildman–Crippen LogP) is 3.11. The van der Waals surface area contributed by atoms with Crippen molar-refractivity contribution in [1.82, 2.24) is 4.98 Å². The van der Waals surface area contributed by atoms with Gasteiger partial charge in [0.2, 0.25) is 0 Å². The molecule has 0 aliphatic rings. The highest BCUT2D eigenvalue weighted by molar-refractivity contribution is 7.98. The lowest BCUT2D eigenvalue weighted by Gasteiger charge is -2.13. The zero-order chi connectivity index (χ0) is 11.4. The van der Waals surface area contributed by atoms with E-state index in [2.05, 4.69) is 23.4 Å². The van der Waals surface area contributed by atoms with E-state index in [9.17, 15) is 0 Å². The quantitative estimate of drug-likeness (QED) is 0.847. The first kappa shape index (κ1) is 11.6. The summed E-state index contributed by atoms with van der Waals surface area (Å²) in [6.45, 7) is 0. The van der Waals surface area contributed by atoms with Gasteiger partial charge in [0.15, 0.2) is 0 Å². The van der Waals surface area contributed by atoms with Crippen LogP contribution < -0.4 is 5.73 Å². The molecule has 1 aromatic carbocycles. The number of rotatable bonds is 4. The van der Waals surface area contributed by atoms with Crippen LogP contribution in [0.25, 0.3) is 0 Å². The average molecular weight is 250 g/mol. The predicted molar refractivity (Wildman–Crippen MR) is 71.0 cm³/mol. The van der Waals surface area contributed by atoms with E-state index < -0.39 is 0 Å². The van der Waals surface area contributed by atoms with Gasteiger partial charge in [-0.3, -0.25) is 0 Å². The van der Waals surface area contributed by atoms with Crippen molar-refractivity contribution in [3.05, 3.63) is 46.4 Å². The molecule has 4 heteroatoms. The largest absolute Gasteiger partial charge is 0.324 e. The molecule has 0 bridgehead atoms. The molecule has 0 saturated heterocycles. The van der Waals surface area contributed by atoms with E-state index in [-0.39, 0.29) is 6.04 Å². The Labute approximate surface area is 104 Å². The minimum Gasteiger partial charge on any atom is -0.324 e. The third-order valence-corrected chi connectivity index (χ3v) is 4.03. The van der Waals surface area contributed by atoms with Gasteiger partial charge in [-0.2, -0.15) is 0 Å². The van der Waals surface area contributed by atoms with Gasteiger partial charge in [-0.15, -0.1) is 23.1 Å². The molecule has 1 atom stereocenters. The van der Waals surface area contributed by atoms with Crippen LogP contribution in [-0.4, -0.2) is 11.2 Å². The topological polar surface area (TPSA) is 38.9 Å². The molecule has 1 heterocycles. The number of benzene rings is 1. The second-order valence-electron chi connectivity index (χ2n) is 3.48. The van der Waals surface area contributed by atoms with E-state index in [1.54, 1.807) is 23.1 Å². The molecule has 84 valence electrons. The second kappa shape index (κ2) is 5.48. The first-order chi connectivity index (χ1) is 7.81. The Kier molecular flexibility index (Phi) is 3.98. The minimum absolute atomic E-state index is 0.0369. The lowest BCUT2D eigenvalue weighted by atomic mass is 10.1. The van der Waals surface area contributed by atoms with E-state index in [1.165, 1.54) is 10.5 Å². The number of hydrogen-bond acceptors (Lipinski definition) is 4. The SMILES string of the molecule is CSc1ccccc1C(N)Cc1nccs1. The zero-order valence-electron chi connectivity index (χ0n) is 9.09. The summed E-state index contributed by atoms with van der Waals surface area (Å²) in [7, 11) is 0. The highest BCUT2D eigenvalue weighted by Crippen LogP contribution is 2.26. The van der Waals surface area contributed by atoms with E-state index in [0.29, 0.717) is 0 Å². The van der Waals surface area contributed by atoms with Gasteiger partial charge in [-0.25, -0.2) is 4.98 Å². The van der Waals surface area contributed by atoms with Gasteiger partial charge in [-0.05, 0) is 17.9 Å². The van der Waals surface area contributed by atoms with Gasteiger partial charge in [0.25, 0.3) is 0 Å². The molecule has 0 fully saturated rings. The van der Waals surface area contributed by atoms with Crippen LogP contribution in [0.15, 0.2) is 40.7 Å². The van der Waals surface area contributed by atoms with E-state index in [1.807, 2.05) is 23.7 Å². The first-order valence-corrected chi connectivity index (χ1v) is 7.18. The maximum atomic E-state index is 6.22. The van der Waals surface area contributed by atoms with Crippen LogP contribution in [-0.2, 0) is 6.42 Å². The average Bonchev–Trinajstić information content (AvgIpc) is 2.81. The molecule has 0 aliphatic carbocycles. The summed E-state index contributed by atoms with van der Waals surface area (Å²) in [5.74, 6) is 0. The molecule has 0 aliphatic heterocycles. The fourth-order valence-corrected chi connectivity index (χ4v) is 2.97. The second-order valence-corrected chi connectivity index (χ2v) is 5.31. The van der Waals surface area contributed by atoms with E-state index in [0.717, 1.165) is 11.4 Å². The molecule has 2 nitrogen and oxygen atoms in total. The zero-order valence-corrected chi connectivity index (χ0v) is 10.7. The van der Waals surface area contributed by atoms with Crippen molar-refractivity contribution < 1.29 is 0 Å². The van der Waals surface area contributed by atoms with Crippen molar-refractivity contribution in [2.75, 3.05) is 6.26 Å². The van der Waals surface area contributed by atoms with Gasteiger partial charge in [-0.1, -0.05) is 18.2 Å². The number of nitrogens with zero attached hydrogens (tertiary/aromatic N) is 1. The fourth-order valence-electron chi connectivity index (χ4n) is 1.62. The Morgan fingerprint density at radius 2 is 2.25 bits per heavy atom. The van der Waals surface area contributed by atoms with Crippen molar-refractivity contribution in [1.29, 1.82) is 0 Å². The summed E-state index contributed by atoms with van der Waals surface area (Å²) in [6.07, 6.45) is 4.72. The van der Waals surface area contributed by atoms with Gasteiger partial charge in [0.1, 0.15) is 0 Å². The lowest BCUT2D eigenvalue weighted by molar-refractivity contribution is 0.704. The molecule has 0 radical (unpaired) electrons. The number of aromatic nitrogens is 1. The van der Waals surface area contributed by atoms with Crippen molar-refractivity contribution in [3.8, 4) is 0 Å². The Morgan fingerprint density at radius 1 is 1.44 bits per heavy atom. The lowest BCUT2D eigenvalue weighted by Crippen LogP contribution is -2.14. The molecule has 0 saturated carbocycles. The molecule has 2 rings (SSSR count). The molecule has 0 amide bonds. The van der Waals surface area contributed by atoms with Crippen LogP contribution in [0.3, 0.4) is 0 Å².